The van der Waals surface area contributed by atoms with E-state index in [1.807, 2.05) is 78.9 Å². The zero-order valence-corrected chi connectivity index (χ0v) is 28.9. The Kier molecular flexibility index (Phi) is 11.8. The number of sulfonamides is 1. The third-order valence-electron chi connectivity index (χ3n) is 8.73. The van der Waals surface area contributed by atoms with Crippen LogP contribution in [0.3, 0.4) is 0 Å². The maximum Gasteiger partial charge on any atom is 0.409 e. The van der Waals surface area contributed by atoms with Gasteiger partial charge in [-0.2, -0.15) is 13.5 Å². The summed E-state index contributed by atoms with van der Waals surface area (Å²) >= 11 is 0. The number of hydrogen-bond donors (Lipinski definition) is 0. The highest BCUT2D eigenvalue weighted by Gasteiger charge is 2.36. The standard InChI is InChI=1S/C38H40N4O4S.H2S/c1-30(41(27-31-13-5-2-6-14-31)28-32-15-7-3-8-16-32)29-46-38(43)40-25-22-35(23-26-40)42(34-19-9-4-10-20-34)47(44,45)36-21-11-17-33-18-12-24-39-37(33)36;/h2-21,24,30,35H,22-23,25-29H2,1H3;1H2/t30-;/m0./s1. The van der Waals surface area contributed by atoms with Gasteiger partial charge in [0.05, 0.1) is 11.2 Å². The quantitative estimate of drug-likeness (QED) is 0.146. The third-order valence-corrected chi connectivity index (χ3v) is 10.6. The minimum atomic E-state index is -3.97. The Hall–Kier alpha value is -4.38. The van der Waals surface area contributed by atoms with Crippen LogP contribution < -0.4 is 4.31 Å². The summed E-state index contributed by atoms with van der Waals surface area (Å²) in [7, 11) is -3.97. The van der Waals surface area contributed by atoms with Gasteiger partial charge in [-0.05, 0) is 55.2 Å². The van der Waals surface area contributed by atoms with Crippen molar-refractivity contribution in [2.24, 2.45) is 0 Å². The predicted molar refractivity (Wildman–Crippen MR) is 196 cm³/mol. The van der Waals surface area contributed by atoms with E-state index in [4.69, 9.17) is 4.74 Å². The van der Waals surface area contributed by atoms with Crippen molar-refractivity contribution in [2.75, 3.05) is 24.0 Å². The lowest BCUT2D eigenvalue weighted by Gasteiger charge is -2.39. The third kappa shape index (κ3) is 8.18. The molecule has 10 heteroatoms. The summed E-state index contributed by atoms with van der Waals surface area (Å²) in [5.41, 5.74) is 3.42. The highest BCUT2D eigenvalue weighted by molar-refractivity contribution is 7.93. The van der Waals surface area contributed by atoms with E-state index in [0.717, 1.165) is 18.5 Å². The van der Waals surface area contributed by atoms with Crippen molar-refractivity contribution in [2.45, 2.75) is 49.8 Å². The number of pyridine rings is 1. The summed E-state index contributed by atoms with van der Waals surface area (Å²) in [4.78, 5) is 21.9. The molecule has 8 nitrogen and oxygen atoms in total. The first-order valence-electron chi connectivity index (χ1n) is 16.1. The first-order chi connectivity index (χ1) is 22.9. The number of ether oxygens (including phenoxy) is 1. The molecule has 0 aliphatic carbocycles. The molecule has 1 atom stereocenters. The monoisotopic (exact) mass is 682 g/mol. The van der Waals surface area contributed by atoms with Crippen molar-refractivity contribution >= 4 is 46.2 Å². The molecule has 48 heavy (non-hydrogen) atoms. The minimum Gasteiger partial charge on any atom is -0.448 e. The van der Waals surface area contributed by atoms with Crippen molar-refractivity contribution in [1.29, 1.82) is 0 Å². The van der Waals surface area contributed by atoms with Crippen LogP contribution in [0.25, 0.3) is 10.9 Å². The minimum absolute atomic E-state index is 0. The number of rotatable bonds is 11. The molecular weight excluding hydrogens is 641 g/mol. The molecule has 0 N–H and O–H groups in total. The Morgan fingerprint density at radius 2 is 1.38 bits per heavy atom. The van der Waals surface area contributed by atoms with Gasteiger partial charge in [-0.15, -0.1) is 0 Å². The Balaban J connectivity index is 0.00000451. The van der Waals surface area contributed by atoms with E-state index in [9.17, 15) is 13.2 Å². The number of carbonyl (C=O) groups is 1. The maximum absolute atomic E-state index is 14.3. The Bertz CT molecular complexity index is 1820. The first kappa shape index (κ1) is 34.9. The van der Waals surface area contributed by atoms with Gasteiger partial charge in [-0.1, -0.05) is 97.1 Å². The van der Waals surface area contributed by atoms with Crippen molar-refractivity contribution in [3.05, 3.63) is 139 Å². The molecular formula is C38H42N4O4S2. The zero-order chi connectivity index (χ0) is 32.6. The zero-order valence-electron chi connectivity index (χ0n) is 27.1. The van der Waals surface area contributed by atoms with Crippen LogP contribution in [0.15, 0.2) is 132 Å². The molecule has 0 bridgehead atoms. The lowest BCUT2D eigenvalue weighted by atomic mass is 10.0. The number of likely N-dealkylation sites (tertiary alicyclic amines) is 1. The van der Waals surface area contributed by atoms with Crippen LogP contribution in [0.1, 0.15) is 30.9 Å². The first-order valence-corrected chi connectivity index (χ1v) is 17.5. The van der Waals surface area contributed by atoms with Crippen LogP contribution in [-0.4, -0.2) is 61.1 Å². The number of carbonyl (C=O) groups excluding carboxylic acids is 1. The van der Waals surface area contributed by atoms with Gasteiger partial charge < -0.3 is 9.64 Å². The average molecular weight is 683 g/mol. The number of hydrogen-bond acceptors (Lipinski definition) is 6. The van der Waals surface area contributed by atoms with Gasteiger partial charge in [-0.3, -0.25) is 14.2 Å². The molecule has 1 amide bonds. The summed E-state index contributed by atoms with van der Waals surface area (Å²) in [6.07, 6.45) is 2.19. The van der Waals surface area contributed by atoms with Crippen LogP contribution in [-0.2, 0) is 27.8 Å². The fourth-order valence-electron chi connectivity index (χ4n) is 6.19. The number of para-hydroxylation sites is 2. The summed E-state index contributed by atoms with van der Waals surface area (Å²) in [5.74, 6) is 0. The van der Waals surface area contributed by atoms with Gasteiger partial charge in [0.15, 0.2) is 0 Å². The van der Waals surface area contributed by atoms with E-state index in [-0.39, 0.29) is 43.2 Å². The van der Waals surface area contributed by atoms with Crippen LogP contribution in [0.2, 0.25) is 0 Å². The Morgan fingerprint density at radius 1 is 0.812 bits per heavy atom. The second-order valence-corrected chi connectivity index (χ2v) is 13.8. The molecule has 1 aromatic heterocycles. The Morgan fingerprint density at radius 3 is 1.98 bits per heavy atom. The molecule has 1 saturated heterocycles. The van der Waals surface area contributed by atoms with E-state index < -0.39 is 10.0 Å². The lowest BCUT2D eigenvalue weighted by Crippen LogP contribution is -2.49. The molecule has 0 spiro atoms. The molecule has 0 radical (unpaired) electrons. The van der Waals surface area contributed by atoms with Gasteiger partial charge in [0.2, 0.25) is 0 Å². The number of nitrogens with zero attached hydrogens (tertiary/aromatic N) is 4. The molecule has 250 valence electrons. The number of piperidine rings is 1. The summed E-state index contributed by atoms with van der Waals surface area (Å²) in [5, 5.41) is 0.763. The molecule has 4 aromatic carbocycles. The fourth-order valence-corrected chi connectivity index (χ4v) is 8.07. The SMILES string of the molecule is C[C@@H](COC(=O)N1CCC(N(c2ccccc2)S(=O)(=O)c2cccc3cccnc23)CC1)N(Cc1ccccc1)Cc1ccccc1.S. The predicted octanol–water partition coefficient (Wildman–Crippen LogP) is 7.23. The molecule has 2 heterocycles. The van der Waals surface area contributed by atoms with Crippen molar-refractivity contribution < 1.29 is 17.9 Å². The molecule has 0 saturated carbocycles. The van der Waals surface area contributed by atoms with Gasteiger partial charge in [-0.25, -0.2) is 13.2 Å². The van der Waals surface area contributed by atoms with Crippen LogP contribution in [0.5, 0.6) is 0 Å². The number of amides is 1. The van der Waals surface area contributed by atoms with Gasteiger partial charge in [0.25, 0.3) is 10.0 Å². The lowest BCUT2D eigenvalue weighted by molar-refractivity contribution is 0.0592. The van der Waals surface area contributed by atoms with Crippen molar-refractivity contribution in [3.63, 3.8) is 0 Å². The van der Waals surface area contributed by atoms with Gasteiger partial charge in [0, 0.05) is 49.8 Å². The summed E-state index contributed by atoms with van der Waals surface area (Å²) in [6.45, 7) is 4.57. The molecule has 1 fully saturated rings. The molecule has 5 aromatic rings. The topological polar surface area (TPSA) is 83.0 Å². The largest absolute Gasteiger partial charge is 0.448 e. The smallest absolute Gasteiger partial charge is 0.409 e. The second kappa shape index (κ2) is 16.1. The highest BCUT2D eigenvalue weighted by Crippen LogP contribution is 2.33. The fraction of sp³-hybridized carbons (Fsp3) is 0.263. The number of benzene rings is 4. The van der Waals surface area contributed by atoms with E-state index in [2.05, 4.69) is 41.1 Å². The molecule has 0 unspecified atom stereocenters. The highest BCUT2D eigenvalue weighted by atomic mass is 32.2. The van der Waals surface area contributed by atoms with Crippen LogP contribution >= 0.6 is 13.5 Å². The van der Waals surface area contributed by atoms with Crippen LogP contribution in [0, 0.1) is 0 Å². The van der Waals surface area contributed by atoms with Gasteiger partial charge >= 0.3 is 6.09 Å². The summed E-state index contributed by atoms with van der Waals surface area (Å²) in [6, 6.07) is 38.3. The van der Waals surface area contributed by atoms with Gasteiger partial charge in [0.1, 0.15) is 11.5 Å². The molecule has 6 rings (SSSR count). The van der Waals surface area contributed by atoms with E-state index in [1.54, 1.807) is 29.3 Å². The van der Waals surface area contributed by atoms with Crippen molar-refractivity contribution in [3.8, 4) is 0 Å². The van der Waals surface area contributed by atoms with E-state index >= 15 is 0 Å². The normalized spacial score (nSPS) is 14.3. The van der Waals surface area contributed by atoms with E-state index in [0.29, 0.717) is 37.1 Å². The molecule has 1 aliphatic heterocycles. The second-order valence-electron chi connectivity index (χ2n) is 12.0. The number of fused-ring (bicyclic) bond motifs is 1. The molecule has 1 aliphatic rings. The summed E-state index contributed by atoms with van der Waals surface area (Å²) < 4.78 is 36.1. The van der Waals surface area contributed by atoms with Crippen molar-refractivity contribution in [1.82, 2.24) is 14.8 Å². The number of aromatic nitrogens is 1. The maximum atomic E-state index is 14.3. The van der Waals surface area contributed by atoms with E-state index in [1.165, 1.54) is 15.4 Å². The average Bonchev–Trinajstić information content (AvgIpc) is 3.11. The Labute approximate surface area is 290 Å². The number of anilines is 1. The van der Waals surface area contributed by atoms with Crippen LogP contribution in [0.4, 0.5) is 10.5 Å².